The molecule has 44 heavy (non-hydrogen) atoms. The fraction of sp³-hybridized carbons (Fsp3) is 0.875. The second kappa shape index (κ2) is 8.35. The van der Waals surface area contributed by atoms with Crippen molar-refractivity contribution in [1.29, 1.82) is 0 Å². The molecule has 0 radical (unpaired) electrons. The topological polar surface area (TPSA) is 182 Å². The molecular formula is C32H42O12. The van der Waals surface area contributed by atoms with Crippen molar-refractivity contribution in [3.63, 3.8) is 0 Å². The van der Waals surface area contributed by atoms with Gasteiger partial charge in [0.05, 0.1) is 18.1 Å². The van der Waals surface area contributed by atoms with Gasteiger partial charge in [-0.25, -0.2) is 4.79 Å². The van der Waals surface area contributed by atoms with Crippen molar-refractivity contribution in [2.45, 2.75) is 121 Å². The summed E-state index contributed by atoms with van der Waals surface area (Å²) in [5.41, 5.74) is -6.10. The average Bonchev–Trinajstić information content (AvgIpc) is 3.82. The summed E-state index contributed by atoms with van der Waals surface area (Å²) in [6.45, 7) is 9.92. The molecular weight excluding hydrogens is 576 g/mol. The van der Waals surface area contributed by atoms with Crippen LogP contribution in [0, 0.1) is 51.8 Å². The molecule has 5 aliphatic carbocycles. The highest BCUT2D eigenvalue weighted by Crippen LogP contribution is 2.78. The molecule has 0 aromatic heterocycles. The normalized spacial score (nSPS) is 60.5. The summed E-state index contributed by atoms with van der Waals surface area (Å²) in [4.78, 5) is 51.3. The molecule has 2 bridgehead atoms. The van der Waals surface area contributed by atoms with Crippen molar-refractivity contribution in [3.8, 4) is 0 Å². The van der Waals surface area contributed by atoms with Gasteiger partial charge in [0, 0.05) is 36.5 Å². The van der Waals surface area contributed by atoms with Crippen LogP contribution in [0.15, 0.2) is 0 Å². The number of esters is 3. The fourth-order valence-electron chi connectivity index (χ4n) is 12.3. The van der Waals surface area contributed by atoms with Gasteiger partial charge in [-0.2, -0.15) is 0 Å². The summed E-state index contributed by atoms with van der Waals surface area (Å²) in [6, 6.07) is 0. The van der Waals surface area contributed by atoms with E-state index in [1.54, 1.807) is 0 Å². The number of epoxide rings is 2. The minimum Gasteiger partial charge on any atom is -0.481 e. The Morgan fingerprint density at radius 1 is 0.864 bits per heavy atom. The van der Waals surface area contributed by atoms with E-state index in [1.165, 1.54) is 20.8 Å². The maximum Gasteiger partial charge on any atom is 0.338 e. The quantitative estimate of drug-likeness (QED) is 0.234. The zero-order valence-corrected chi connectivity index (χ0v) is 25.8. The Morgan fingerprint density at radius 3 is 2.18 bits per heavy atom. The molecule has 3 N–H and O–H groups in total. The molecule has 5 saturated carbocycles. The van der Waals surface area contributed by atoms with E-state index in [1.807, 2.05) is 20.8 Å². The summed E-state index contributed by atoms with van der Waals surface area (Å²) in [5, 5.41) is 34.8. The second-order valence-corrected chi connectivity index (χ2v) is 16.0. The van der Waals surface area contributed by atoms with E-state index >= 15 is 0 Å². The SMILES string of the molecule is CC(=O)O[C@H]1C[C@H]2[C@@H]([C@@H]3O[C@@H]3[C@@]3(O)C[C@@H]4O[C@@H]4[C@H](OC(C)=O)[C@]23C)[C@@H]2C[C@@H]3[C@H]([C@H](C(=O)O)[C@H]4C[C@]3(C)[C@@](C)(O)C(=O)O4)[C@@]12C. The lowest BCUT2D eigenvalue weighted by molar-refractivity contribution is -0.261. The molecule has 0 aromatic rings. The van der Waals surface area contributed by atoms with Crippen LogP contribution in [-0.4, -0.2) is 93.1 Å². The smallest absolute Gasteiger partial charge is 0.338 e. The first-order valence-electron chi connectivity index (χ1n) is 16.0. The van der Waals surface area contributed by atoms with Gasteiger partial charge < -0.3 is 39.0 Å². The number of carbonyl (C=O) groups excluding carboxylic acids is 3. The van der Waals surface area contributed by atoms with Crippen LogP contribution in [-0.2, 0) is 42.9 Å². The highest BCUT2D eigenvalue weighted by Gasteiger charge is 2.85. The molecule has 0 amide bonds. The van der Waals surface area contributed by atoms with Crippen molar-refractivity contribution in [3.05, 3.63) is 0 Å². The molecule has 3 saturated heterocycles. The second-order valence-electron chi connectivity index (χ2n) is 16.0. The molecule has 0 unspecified atom stereocenters. The van der Waals surface area contributed by atoms with Crippen LogP contribution in [0.1, 0.15) is 67.2 Å². The molecule has 8 fully saturated rings. The van der Waals surface area contributed by atoms with Gasteiger partial charge >= 0.3 is 23.9 Å². The Kier molecular flexibility index (Phi) is 5.53. The summed E-state index contributed by atoms with van der Waals surface area (Å²) in [7, 11) is 0. The Balaban J connectivity index is 1.30. The number of rotatable bonds is 3. The van der Waals surface area contributed by atoms with Crippen LogP contribution in [0.3, 0.4) is 0 Å². The van der Waals surface area contributed by atoms with Gasteiger partial charge in [0.25, 0.3) is 0 Å². The van der Waals surface area contributed by atoms with E-state index < -0.39 is 93.5 Å². The molecule has 12 heteroatoms. The lowest BCUT2D eigenvalue weighted by Gasteiger charge is -2.64. The number of hydrogen-bond donors (Lipinski definition) is 3. The minimum atomic E-state index is -1.85. The zero-order chi connectivity index (χ0) is 31.7. The van der Waals surface area contributed by atoms with Crippen LogP contribution >= 0.6 is 0 Å². The predicted molar refractivity (Wildman–Crippen MR) is 145 cm³/mol. The van der Waals surface area contributed by atoms with Gasteiger partial charge in [-0.3, -0.25) is 14.4 Å². The van der Waals surface area contributed by atoms with Crippen molar-refractivity contribution in [2.24, 2.45) is 51.8 Å². The van der Waals surface area contributed by atoms with Crippen molar-refractivity contribution in [1.82, 2.24) is 0 Å². The zero-order valence-electron chi connectivity index (χ0n) is 25.8. The van der Waals surface area contributed by atoms with Gasteiger partial charge in [-0.1, -0.05) is 20.8 Å². The number of aliphatic hydroxyl groups is 2. The monoisotopic (exact) mass is 618 g/mol. The van der Waals surface area contributed by atoms with Gasteiger partial charge in [0.15, 0.2) is 5.60 Å². The molecule has 0 aromatic carbocycles. The number of carboxylic acid groups (broad SMARTS) is 1. The van der Waals surface area contributed by atoms with Gasteiger partial charge in [-0.15, -0.1) is 0 Å². The summed E-state index contributed by atoms with van der Waals surface area (Å²) in [5.74, 6) is -5.73. The average molecular weight is 619 g/mol. The molecule has 8 rings (SSSR count). The first kappa shape index (κ1) is 29.1. The molecule has 3 aliphatic heterocycles. The van der Waals surface area contributed by atoms with Crippen LogP contribution in [0.4, 0.5) is 0 Å². The van der Waals surface area contributed by atoms with Crippen molar-refractivity contribution >= 4 is 23.9 Å². The maximum atomic E-state index is 13.1. The summed E-state index contributed by atoms with van der Waals surface area (Å²) in [6.07, 6.45) is -2.59. The van der Waals surface area contributed by atoms with Crippen LogP contribution in [0.2, 0.25) is 0 Å². The van der Waals surface area contributed by atoms with E-state index in [0.29, 0.717) is 19.3 Å². The maximum absolute atomic E-state index is 13.1. The molecule has 3 heterocycles. The van der Waals surface area contributed by atoms with Crippen molar-refractivity contribution in [2.75, 3.05) is 0 Å². The van der Waals surface area contributed by atoms with E-state index in [4.69, 9.17) is 23.7 Å². The van der Waals surface area contributed by atoms with Gasteiger partial charge in [-0.05, 0) is 55.8 Å². The van der Waals surface area contributed by atoms with E-state index in [-0.39, 0.29) is 42.5 Å². The lowest BCUT2D eigenvalue weighted by Crippen LogP contribution is -2.73. The third-order valence-corrected chi connectivity index (χ3v) is 14.5. The lowest BCUT2D eigenvalue weighted by atomic mass is 9.41. The molecule has 8 aliphatic rings. The highest BCUT2D eigenvalue weighted by atomic mass is 16.6. The van der Waals surface area contributed by atoms with Crippen LogP contribution in [0.25, 0.3) is 0 Å². The van der Waals surface area contributed by atoms with Crippen molar-refractivity contribution < 1.29 is 58.2 Å². The Morgan fingerprint density at radius 2 is 1.55 bits per heavy atom. The fourth-order valence-corrected chi connectivity index (χ4v) is 12.3. The van der Waals surface area contributed by atoms with E-state index in [9.17, 15) is 34.5 Å². The number of fused-ring (bicyclic) bond motifs is 14. The van der Waals surface area contributed by atoms with E-state index in [2.05, 4.69) is 0 Å². The first-order chi connectivity index (χ1) is 20.4. The summed E-state index contributed by atoms with van der Waals surface area (Å²) < 4.78 is 30.1. The number of aliphatic carboxylic acids is 1. The third-order valence-electron chi connectivity index (χ3n) is 14.5. The molecule has 0 spiro atoms. The first-order valence-corrected chi connectivity index (χ1v) is 16.0. The number of hydrogen-bond acceptors (Lipinski definition) is 11. The number of carbonyl (C=O) groups is 4. The standard InChI is InChI=1S/C32H42O12/c1-11(33)40-18-8-14-19(23-25(44-23)32(39)10-17-22(42-17)24(30(14,32)5)41-12(2)34)13-7-15-21(29(13,18)4)20(26(35)36)16-9-28(15,3)31(6,38)27(37)43-16/h13-25,38-39H,7-10H2,1-6H3,(H,35,36)/t13-,14-,15+,16+,17-,18-,19-,20+,21+,22-,23-,24-,25-,28-,29+,30-,31-,32-/m0/s1. The van der Waals surface area contributed by atoms with Gasteiger partial charge in [0.1, 0.15) is 36.1 Å². The van der Waals surface area contributed by atoms with Crippen LogP contribution in [0.5, 0.6) is 0 Å². The number of carboxylic acids is 1. The minimum absolute atomic E-state index is 0.194. The van der Waals surface area contributed by atoms with Crippen LogP contribution < -0.4 is 0 Å². The molecule has 242 valence electrons. The van der Waals surface area contributed by atoms with E-state index in [0.717, 1.165) is 0 Å². The van der Waals surface area contributed by atoms with Gasteiger partial charge in [0.2, 0.25) is 0 Å². The Hall–Kier alpha value is -2.28. The number of ether oxygens (including phenoxy) is 5. The molecule has 18 atom stereocenters. The predicted octanol–water partition coefficient (Wildman–Crippen LogP) is 1.22. The highest BCUT2D eigenvalue weighted by molar-refractivity contribution is 5.83. The molecule has 12 nitrogen and oxygen atoms in total. The Labute approximate surface area is 255 Å². The third kappa shape index (κ3) is 3.14. The largest absolute Gasteiger partial charge is 0.481 e. The summed E-state index contributed by atoms with van der Waals surface area (Å²) >= 11 is 0. The Bertz CT molecular complexity index is 1380.